The maximum absolute atomic E-state index is 8.62. The quantitative estimate of drug-likeness (QED) is 0.368. The van der Waals surface area contributed by atoms with Crippen LogP contribution in [0.3, 0.4) is 0 Å². The molecular formula is C34H28N2. The molecule has 0 radical (unpaired) electrons. The van der Waals surface area contributed by atoms with E-state index < -0.39 is 0 Å². The van der Waals surface area contributed by atoms with Crippen LogP contribution in [0.2, 0.25) is 0 Å². The van der Waals surface area contributed by atoms with E-state index in [1.807, 2.05) is 60.7 Å². The molecule has 174 valence electrons. The summed E-state index contributed by atoms with van der Waals surface area (Å²) in [6.07, 6.45) is 20.3. The van der Waals surface area contributed by atoms with Crippen LogP contribution in [0, 0.1) is 10.8 Å². The lowest BCUT2D eigenvalue weighted by Crippen LogP contribution is -2.16. The molecule has 0 heterocycles. The number of nitrogens with one attached hydrogen (secondary N) is 2. The smallest absolute Gasteiger partial charge is 0.0505 e. The highest BCUT2D eigenvalue weighted by molar-refractivity contribution is 6.03. The van der Waals surface area contributed by atoms with E-state index in [0.717, 1.165) is 33.4 Å². The molecule has 0 fully saturated rings. The number of hydrogen-bond acceptors (Lipinski definition) is 2. The second-order valence-corrected chi connectivity index (χ2v) is 8.98. The van der Waals surface area contributed by atoms with Crippen molar-refractivity contribution in [1.82, 2.24) is 0 Å². The van der Waals surface area contributed by atoms with Crippen molar-refractivity contribution in [3.63, 3.8) is 0 Å². The topological polar surface area (TPSA) is 47.7 Å². The third-order valence-corrected chi connectivity index (χ3v) is 6.56. The van der Waals surface area contributed by atoms with E-state index in [1.54, 1.807) is 0 Å². The lowest BCUT2D eigenvalue weighted by molar-refractivity contribution is 1.03. The molecule has 0 aliphatic heterocycles. The van der Waals surface area contributed by atoms with Gasteiger partial charge in [0.1, 0.15) is 0 Å². The van der Waals surface area contributed by atoms with Crippen LogP contribution in [0.5, 0.6) is 0 Å². The number of hydrogen-bond donors (Lipinski definition) is 2. The molecule has 0 aromatic heterocycles. The molecule has 0 saturated carbocycles. The fourth-order valence-corrected chi connectivity index (χ4v) is 4.71. The Kier molecular flexibility index (Phi) is 6.95. The zero-order valence-corrected chi connectivity index (χ0v) is 20.0. The van der Waals surface area contributed by atoms with Crippen molar-refractivity contribution in [2.45, 2.75) is 11.8 Å². The molecule has 5 rings (SSSR count). The minimum absolute atomic E-state index is 0.109. The summed E-state index contributed by atoms with van der Waals surface area (Å²) in [5, 5.41) is 17.2. The third kappa shape index (κ3) is 5.24. The van der Waals surface area contributed by atoms with Crippen LogP contribution in [0.4, 0.5) is 0 Å². The maximum Gasteiger partial charge on any atom is 0.0505 e. The summed E-state index contributed by atoms with van der Waals surface area (Å²) in [4.78, 5) is 0. The first kappa shape index (κ1) is 23.2. The fourth-order valence-electron chi connectivity index (χ4n) is 4.71. The Hall–Kier alpha value is -4.56. The van der Waals surface area contributed by atoms with Crippen molar-refractivity contribution in [2.75, 3.05) is 0 Å². The van der Waals surface area contributed by atoms with Crippen molar-refractivity contribution < 1.29 is 0 Å². The predicted molar refractivity (Wildman–Crippen MR) is 153 cm³/mol. The summed E-state index contributed by atoms with van der Waals surface area (Å²) in [5.41, 5.74) is 7.80. The van der Waals surface area contributed by atoms with Gasteiger partial charge in [-0.3, -0.25) is 0 Å². The normalized spacial score (nSPS) is 19.7. The monoisotopic (exact) mass is 464 g/mol. The van der Waals surface area contributed by atoms with E-state index in [-0.39, 0.29) is 11.8 Å². The Morgan fingerprint density at radius 1 is 0.472 bits per heavy atom. The Balaban J connectivity index is 1.40. The summed E-state index contributed by atoms with van der Waals surface area (Å²) >= 11 is 0. The van der Waals surface area contributed by atoms with Crippen LogP contribution in [0.25, 0.3) is 12.2 Å². The molecule has 0 bridgehead atoms. The molecule has 2 atom stereocenters. The first-order valence-corrected chi connectivity index (χ1v) is 12.2. The highest BCUT2D eigenvalue weighted by atomic mass is 14.5. The second kappa shape index (κ2) is 10.8. The van der Waals surface area contributed by atoms with E-state index in [9.17, 15) is 0 Å². The molecule has 2 aliphatic rings. The molecule has 0 amide bonds. The van der Waals surface area contributed by atoms with Gasteiger partial charge in [-0.05, 0) is 45.6 Å². The fraction of sp³-hybridized carbons (Fsp3) is 0.0588. The van der Waals surface area contributed by atoms with Gasteiger partial charge in [0, 0.05) is 11.4 Å². The van der Waals surface area contributed by atoms with Crippen LogP contribution in [-0.4, -0.2) is 11.4 Å². The first-order chi connectivity index (χ1) is 17.7. The van der Waals surface area contributed by atoms with Crippen molar-refractivity contribution >= 4 is 23.6 Å². The minimum atomic E-state index is -0.109. The van der Waals surface area contributed by atoms with Gasteiger partial charge in [-0.2, -0.15) is 0 Å². The van der Waals surface area contributed by atoms with E-state index >= 15 is 0 Å². The number of benzene rings is 3. The van der Waals surface area contributed by atoms with Crippen LogP contribution in [0.15, 0.2) is 145 Å². The van der Waals surface area contributed by atoms with Crippen molar-refractivity contribution in [3.05, 3.63) is 167 Å². The largest absolute Gasteiger partial charge is 0.304 e. The highest BCUT2D eigenvalue weighted by Crippen LogP contribution is 2.34. The van der Waals surface area contributed by atoms with Crippen LogP contribution < -0.4 is 0 Å². The molecule has 0 saturated heterocycles. The lowest BCUT2D eigenvalue weighted by Gasteiger charge is -2.24. The standard InChI is InChI=1S/C34H28N2/c35-31-15-7-13-27(19-17-25-9-3-1-4-10-25)33(31)29-21-23-30(24-22-29)34-28(14-8-16-32(34)36)20-18-26-11-5-2-6-12-26/h1-24,33-36H. The molecule has 36 heavy (non-hydrogen) atoms. The van der Waals surface area contributed by atoms with Gasteiger partial charge >= 0.3 is 0 Å². The molecule has 3 aromatic carbocycles. The Bertz CT molecular complexity index is 1320. The SMILES string of the molecule is N=C1C=CC=C(C=Cc2ccccc2)C1c1ccc(C2C(=N)C=CC=C2C=Cc2ccccc2)cc1. The van der Waals surface area contributed by atoms with Crippen LogP contribution in [0.1, 0.15) is 34.1 Å². The number of rotatable bonds is 6. The summed E-state index contributed by atoms with van der Waals surface area (Å²) in [7, 11) is 0. The number of allylic oxidation sites excluding steroid dienone is 10. The molecule has 2 unspecified atom stereocenters. The third-order valence-electron chi connectivity index (χ3n) is 6.56. The molecule has 0 spiro atoms. The molecule has 2 nitrogen and oxygen atoms in total. The van der Waals surface area contributed by atoms with Gasteiger partial charge in [-0.25, -0.2) is 0 Å². The van der Waals surface area contributed by atoms with Gasteiger partial charge in [0.05, 0.1) is 11.8 Å². The van der Waals surface area contributed by atoms with E-state index in [0.29, 0.717) is 11.4 Å². The molecular weight excluding hydrogens is 436 g/mol. The summed E-state index contributed by atoms with van der Waals surface area (Å²) in [5.74, 6) is -0.217. The minimum Gasteiger partial charge on any atom is -0.304 e. The van der Waals surface area contributed by atoms with Crippen molar-refractivity contribution in [3.8, 4) is 0 Å². The zero-order valence-electron chi connectivity index (χ0n) is 20.0. The highest BCUT2D eigenvalue weighted by Gasteiger charge is 2.24. The predicted octanol–water partition coefficient (Wildman–Crippen LogP) is 8.31. The zero-order chi connectivity index (χ0) is 24.7. The van der Waals surface area contributed by atoms with E-state index in [4.69, 9.17) is 10.8 Å². The lowest BCUT2D eigenvalue weighted by atomic mass is 9.80. The average molecular weight is 465 g/mol. The molecule has 2 aliphatic carbocycles. The van der Waals surface area contributed by atoms with E-state index in [1.165, 1.54) is 0 Å². The van der Waals surface area contributed by atoms with Gasteiger partial charge in [0.2, 0.25) is 0 Å². The van der Waals surface area contributed by atoms with Gasteiger partial charge < -0.3 is 10.8 Å². The van der Waals surface area contributed by atoms with Crippen molar-refractivity contribution in [1.29, 1.82) is 10.8 Å². The summed E-state index contributed by atoms with van der Waals surface area (Å²) in [6, 6.07) is 28.9. The van der Waals surface area contributed by atoms with Crippen LogP contribution >= 0.6 is 0 Å². The molecule has 2 N–H and O–H groups in total. The van der Waals surface area contributed by atoms with Gasteiger partial charge in [-0.15, -0.1) is 0 Å². The van der Waals surface area contributed by atoms with Crippen LogP contribution in [-0.2, 0) is 0 Å². The molecule has 2 heteroatoms. The summed E-state index contributed by atoms with van der Waals surface area (Å²) in [6.45, 7) is 0. The summed E-state index contributed by atoms with van der Waals surface area (Å²) < 4.78 is 0. The Morgan fingerprint density at radius 3 is 1.25 bits per heavy atom. The molecule has 3 aromatic rings. The second-order valence-electron chi connectivity index (χ2n) is 8.98. The maximum atomic E-state index is 8.62. The van der Waals surface area contributed by atoms with Gasteiger partial charge in [-0.1, -0.05) is 134 Å². The average Bonchev–Trinajstić information content (AvgIpc) is 2.92. The first-order valence-electron chi connectivity index (χ1n) is 12.2. The van der Waals surface area contributed by atoms with E-state index in [2.05, 4.69) is 85.0 Å². The van der Waals surface area contributed by atoms with Gasteiger partial charge in [0.15, 0.2) is 0 Å². The Labute approximate surface area is 213 Å². The van der Waals surface area contributed by atoms with Gasteiger partial charge in [0.25, 0.3) is 0 Å². The Morgan fingerprint density at radius 2 is 0.861 bits per heavy atom. The van der Waals surface area contributed by atoms with Crippen molar-refractivity contribution in [2.24, 2.45) is 0 Å².